The molecule has 2 aromatic heterocycles. The van der Waals surface area contributed by atoms with Crippen molar-refractivity contribution in [2.75, 3.05) is 6.61 Å². The summed E-state index contributed by atoms with van der Waals surface area (Å²) in [4.78, 5) is 7.28. The van der Waals surface area contributed by atoms with Crippen LogP contribution in [0.2, 0.25) is 0 Å². The third-order valence-electron chi connectivity index (χ3n) is 2.35. The molecule has 0 saturated carbocycles. The SMILES string of the molecule is CC(C)OCCn1c(=S)ncc2[nH]ccc21. The fraction of sp³-hybridized carbons (Fsp3) is 0.455. The van der Waals surface area contributed by atoms with Crippen LogP contribution in [0.5, 0.6) is 0 Å². The zero-order valence-electron chi connectivity index (χ0n) is 9.43. The number of aromatic amines is 1. The first-order valence-corrected chi connectivity index (χ1v) is 5.74. The van der Waals surface area contributed by atoms with Gasteiger partial charge in [-0.1, -0.05) is 0 Å². The summed E-state index contributed by atoms with van der Waals surface area (Å²) in [5.74, 6) is 0. The molecule has 4 nitrogen and oxygen atoms in total. The maximum Gasteiger partial charge on any atom is 0.200 e. The molecule has 0 saturated heterocycles. The Labute approximate surface area is 99.3 Å². The molecule has 2 aromatic rings. The molecule has 16 heavy (non-hydrogen) atoms. The summed E-state index contributed by atoms with van der Waals surface area (Å²) in [6.45, 7) is 5.43. The molecule has 0 aromatic carbocycles. The van der Waals surface area contributed by atoms with Crippen molar-refractivity contribution in [2.24, 2.45) is 0 Å². The number of ether oxygens (including phenoxy) is 1. The van der Waals surface area contributed by atoms with Gasteiger partial charge in [-0.25, -0.2) is 4.98 Å². The van der Waals surface area contributed by atoms with Crippen LogP contribution in [0, 0.1) is 4.77 Å². The third kappa shape index (κ3) is 2.31. The second kappa shape index (κ2) is 4.76. The molecule has 5 heteroatoms. The van der Waals surface area contributed by atoms with Gasteiger partial charge in [-0.3, -0.25) is 0 Å². The lowest BCUT2D eigenvalue weighted by Gasteiger charge is -2.10. The van der Waals surface area contributed by atoms with Crippen molar-refractivity contribution in [1.29, 1.82) is 0 Å². The topological polar surface area (TPSA) is 42.8 Å². The first-order valence-electron chi connectivity index (χ1n) is 5.33. The van der Waals surface area contributed by atoms with Crippen LogP contribution in [0.3, 0.4) is 0 Å². The number of rotatable bonds is 4. The molecule has 0 fully saturated rings. The van der Waals surface area contributed by atoms with Crippen LogP contribution in [0.1, 0.15) is 13.8 Å². The quantitative estimate of drug-likeness (QED) is 0.831. The minimum Gasteiger partial charge on any atom is -0.377 e. The van der Waals surface area contributed by atoms with Crippen molar-refractivity contribution in [2.45, 2.75) is 26.5 Å². The molecule has 0 unspecified atom stereocenters. The lowest BCUT2D eigenvalue weighted by molar-refractivity contribution is 0.0729. The number of H-pyrrole nitrogens is 1. The highest BCUT2D eigenvalue weighted by Gasteiger charge is 2.02. The third-order valence-corrected chi connectivity index (χ3v) is 2.67. The van der Waals surface area contributed by atoms with Crippen LogP contribution in [0.25, 0.3) is 11.0 Å². The highest BCUT2D eigenvalue weighted by molar-refractivity contribution is 7.71. The molecule has 0 aliphatic carbocycles. The fourth-order valence-corrected chi connectivity index (χ4v) is 1.84. The minimum absolute atomic E-state index is 0.243. The van der Waals surface area contributed by atoms with Gasteiger partial charge < -0.3 is 14.3 Å². The molecule has 86 valence electrons. The van der Waals surface area contributed by atoms with Crippen LogP contribution >= 0.6 is 12.2 Å². The number of nitrogens with one attached hydrogen (secondary N) is 1. The normalized spacial score (nSPS) is 11.4. The van der Waals surface area contributed by atoms with E-state index >= 15 is 0 Å². The largest absolute Gasteiger partial charge is 0.377 e. The zero-order chi connectivity index (χ0) is 11.5. The molecule has 2 heterocycles. The van der Waals surface area contributed by atoms with Crippen molar-refractivity contribution in [1.82, 2.24) is 14.5 Å². The van der Waals surface area contributed by atoms with Crippen LogP contribution in [-0.2, 0) is 11.3 Å². The van der Waals surface area contributed by atoms with Gasteiger partial charge in [0, 0.05) is 12.7 Å². The van der Waals surface area contributed by atoms with Crippen LogP contribution in [-0.4, -0.2) is 27.2 Å². The number of fused-ring (bicyclic) bond motifs is 1. The summed E-state index contributed by atoms with van der Waals surface area (Å²) in [6.07, 6.45) is 3.89. The van der Waals surface area contributed by atoms with Gasteiger partial charge >= 0.3 is 0 Å². The highest BCUT2D eigenvalue weighted by Crippen LogP contribution is 2.11. The highest BCUT2D eigenvalue weighted by atomic mass is 32.1. The maximum atomic E-state index is 5.52. The van der Waals surface area contributed by atoms with Gasteiger partial charge in [0.2, 0.25) is 0 Å². The molecular formula is C11H15N3OS. The smallest absolute Gasteiger partial charge is 0.200 e. The van der Waals surface area contributed by atoms with E-state index in [9.17, 15) is 0 Å². The first kappa shape index (κ1) is 11.3. The minimum atomic E-state index is 0.243. The van der Waals surface area contributed by atoms with Gasteiger partial charge in [-0.05, 0) is 32.1 Å². The van der Waals surface area contributed by atoms with Gasteiger partial charge in [0.1, 0.15) is 0 Å². The fourth-order valence-electron chi connectivity index (χ4n) is 1.60. The van der Waals surface area contributed by atoms with Gasteiger partial charge in [0.15, 0.2) is 4.77 Å². The van der Waals surface area contributed by atoms with Crippen LogP contribution < -0.4 is 0 Å². The molecule has 0 bridgehead atoms. The predicted octanol–water partition coefficient (Wildman–Crippen LogP) is 2.52. The Bertz CT molecular complexity index is 529. The molecule has 2 rings (SSSR count). The molecule has 1 N–H and O–H groups in total. The maximum absolute atomic E-state index is 5.52. The Hall–Kier alpha value is -1.20. The van der Waals surface area contributed by atoms with Gasteiger partial charge in [-0.15, -0.1) is 0 Å². The number of nitrogens with zero attached hydrogens (tertiary/aromatic N) is 2. The lowest BCUT2D eigenvalue weighted by Crippen LogP contribution is -2.12. The monoisotopic (exact) mass is 237 g/mol. The molecule has 0 aliphatic heterocycles. The van der Waals surface area contributed by atoms with Crippen molar-refractivity contribution in [3.8, 4) is 0 Å². The summed E-state index contributed by atoms with van der Waals surface area (Å²) < 4.78 is 8.11. The summed E-state index contributed by atoms with van der Waals surface area (Å²) >= 11 is 5.21. The second-order valence-electron chi connectivity index (χ2n) is 3.89. The lowest BCUT2D eigenvalue weighted by atomic mass is 10.4. The van der Waals surface area contributed by atoms with Gasteiger partial charge in [-0.2, -0.15) is 0 Å². The zero-order valence-corrected chi connectivity index (χ0v) is 10.3. The first-order chi connectivity index (χ1) is 7.68. The Balaban J connectivity index is 2.25. The van der Waals surface area contributed by atoms with E-state index < -0.39 is 0 Å². The number of hydrogen-bond donors (Lipinski definition) is 1. The molecular weight excluding hydrogens is 222 g/mol. The van der Waals surface area contributed by atoms with E-state index in [1.165, 1.54) is 0 Å². The molecule has 0 atom stereocenters. The average molecular weight is 237 g/mol. The van der Waals surface area contributed by atoms with E-state index in [1.54, 1.807) is 6.20 Å². The summed E-state index contributed by atoms with van der Waals surface area (Å²) in [7, 11) is 0. The van der Waals surface area contributed by atoms with Gasteiger partial charge in [0.05, 0.1) is 29.9 Å². The predicted molar refractivity (Wildman–Crippen MR) is 66.0 cm³/mol. The Morgan fingerprint density at radius 3 is 3.12 bits per heavy atom. The molecule has 0 amide bonds. The summed E-state index contributed by atoms with van der Waals surface area (Å²) in [5, 5.41) is 0. The molecule has 0 aliphatic rings. The summed E-state index contributed by atoms with van der Waals surface area (Å²) in [6, 6.07) is 2.00. The van der Waals surface area contributed by atoms with E-state index in [0.29, 0.717) is 11.4 Å². The van der Waals surface area contributed by atoms with E-state index in [1.807, 2.05) is 30.7 Å². The van der Waals surface area contributed by atoms with Crippen molar-refractivity contribution in [3.05, 3.63) is 23.2 Å². The van der Waals surface area contributed by atoms with Crippen LogP contribution in [0.4, 0.5) is 0 Å². The number of aromatic nitrogens is 3. The number of hydrogen-bond acceptors (Lipinski definition) is 3. The van der Waals surface area contributed by atoms with Crippen molar-refractivity contribution < 1.29 is 4.74 Å². The van der Waals surface area contributed by atoms with E-state index in [-0.39, 0.29) is 6.10 Å². The van der Waals surface area contributed by atoms with Gasteiger partial charge in [0.25, 0.3) is 0 Å². The standard InChI is InChI=1S/C11H15N3OS/c1-8(2)15-6-5-14-10-3-4-12-9(10)7-13-11(14)16/h3-4,7-8,12H,5-6H2,1-2H3. The molecule has 0 radical (unpaired) electrons. The van der Waals surface area contributed by atoms with Crippen molar-refractivity contribution in [3.63, 3.8) is 0 Å². The summed E-state index contributed by atoms with van der Waals surface area (Å²) in [5.41, 5.74) is 2.07. The Morgan fingerprint density at radius 2 is 2.38 bits per heavy atom. The van der Waals surface area contributed by atoms with E-state index in [0.717, 1.165) is 17.6 Å². The Kier molecular flexibility index (Phi) is 3.36. The van der Waals surface area contributed by atoms with Crippen LogP contribution in [0.15, 0.2) is 18.5 Å². The van der Waals surface area contributed by atoms with Crippen molar-refractivity contribution >= 4 is 23.3 Å². The van der Waals surface area contributed by atoms with E-state index in [4.69, 9.17) is 17.0 Å². The molecule has 0 spiro atoms. The second-order valence-corrected chi connectivity index (χ2v) is 4.25. The van der Waals surface area contributed by atoms with E-state index in [2.05, 4.69) is 9.97 Å². The Morgan fingerprint density at radius 1 is 1.56 bits per heavy atom. The average Bonchev–Trinajstić information content (AvgIpc) is 2.69.